The fourth-order valence-corrected chi connectivity index (χ4v) is 13.1. The Morgan fingerprint density at radius 2 is 0.987 bits per heavy atom. The Balaban J connectivity index is 1.00. The molecule has 3 aromatic heterocycles. The Bertz CT molecular complexity index is 4380. The second kappa shape index (κ2) is 17.6. The highest BCUT2D eigenvalue weighted by molar-refractivity contribution is 7.26. The molecule has 0 saturated heterocycles. The van der Waals surface area contributed by atoms with Crippen LogP contribution in [0.25, 0.3) is 115 Å². The predicted molar refractivity (Wildman–Crippen MR) is 314 cm³/mol. The van der Waals surface area contributed by atoms with Crippen molar-refractivity contribution in [1.29, 1.82) is 0 Å². The van der Waals surface area contributed by atoms with Crippen molar-refractivity contribution in [3.8, 4) is 62.1 Å². The number of nitrogens with zero attached hydrogens (tertiary/aromatic N) is 5. The Labute approximate surface area is 438 Å². The molecule has 2 aliphatic rings. The molecule has 1 aliphatic carbocycles. The minimum atomic E-state index is -0.0792. The van der Waals surface area contributed by atoms with Crippen molar-refractivity contribution in [3.63, 3.8) is 0 Å². The van der Waals surface area contributed by atoms with Crippen LogP contribution in [-0.2, 0) is 0 Å². The Hall–Kier alpha value is -9.49. The molecule has 1 atom stereocenters. The third-order valence-electron chi connectivity index (χ3n) is 15.2. The quantitative estimate of drug-likeness (QED) is 0.152. The monoisotopic (exact) mass is 975 g/mol. The summed E-state index contributed by atoms with van der Waals surface area (Å²) in [4.78, 5) is 18.5. The zero-order valence-corrected chi connectivity index (χ0v) is 41.5. The molecule has 0 bridgehead atoms. The molecule has 10 aromatic carbocycles. The molecular weight excluding hydrogens is 931 g/mol. The van der Waals surface area contributed by atoms with Crippen molar-refractivity contribution in [2.45, 2.75) is 12.5 Å². The van der Waals surface area contributed by atoms with Gasteiger partial charge in [-0.05, 0) is 93.9 Å². The molecule has 0 N–H and O–H groups in total. The van der Waals surface area contributed by atoms with E-state index in [-0.39, 0.29) is 6.04 Å². The molecule has 1 unspecified atom stereocenters. The molecule has 75 heavy (non-hydrogen) atoms. The summed E-state index contributed by atoms with van der Waals surface area (Å²) in [6, 6.07) is 87.0. The summed E-state index contributed by atoms with van der Waals surface area (Å²) in [5.74, 6) is 1.88. The molecule has 1 aliphatic heterocycles. The Morgan fingerprint density at radius 1 is 0.400 bits per heavy atom. The first-order valence-corrected chi connectivity index (χ1v) is 26.4. The van der Waals surface area contributed by atoms with E-state index >= 15 is 0 Å². The van der Waals surface area contributed by atoms with E-state index in [2.05, 4.69) is 228 Å². The normalized spacial score (nSPS) is 14.1. The van der Waals surface area contributed by atoms with Gasteiger partial charge in [-0.3, -0.25) is 0 Å². The van der Waals surface area contributed by atoms with Gasteiger partial charge in [-0.15, -0.1) is 11.3 Å². The van der Waals surface area contributed by atoms with Gasteiger partial charge in [-0.25, -0.2) is 15.0 Å². The first-order chi connectivity index (χ1) is 37.2. The van der Waals surface area contributed by atoms with Crippen molar-refractivity contribution in [3.05, 3.63) is 266 Å². The summed E-state index contributed by atoms with van der Waals surface area (Å²) in [7, 11) is 0. The largest absolute Gasteiger partial charge is 0.332 e. The summed E-state index contributed by atoms with van der Waals surface area (Å²) in [5.41, 5.74) is 18.3. The number of thiophene rings is 1. The van der Waals surface area contributed by atoms with E-state index in [0.29, 0.717) is 17.5 Å². The van der Waals surface area contributed by atoms with E-state index in [9.17, 15) is 0 Å². The van der Waals surface area contributed by atoms with Crippen LogP contribution in [0, 0.1) is 0 Å². The van der Waals surface area contributed by atoms with Crippen LogP contribution in [0.2, 0.25) is 0 Å². The Morgan fingerprint density at radius 3 is 1.75 bits per heavy atom. The lowest BCUT2D eigenvalue weighted by Crippen LogP contribution is -2.29. The van der Waals surface area contributed by atoms with E-state index in [4.69, 9.17) is 15.0 Å². The average Bonchev–Trinajstić information content (AvgIpc) is 4.23. The standard InChI is InChI=1S/C69H45N5S/c1-5-20-44(21-6-1)47-38-41-57(69-71-67(45-22-7-2-8-23-45)70-68(72-69)46-24-9-3-10-25-46)62(42-47)74-60-36-19-32-53(52-31-18-35-59-64(52)55-29-13-15-34-58(55)73(59)49-26-11-4-12-27-49)65(60)56-40-39-48(43-61(56)74)50-30-17-33-54-51-28-14-16-37-63(51)75-66(50)54/h1-42,61H,43H2. The molecule has 5 nitrogen and oxygen atoms in total. The van der Waals surface area contributed by atoms with E-state index in [1.54, 1.807) is 0 Å². The van der Waals surface area contributed by atoms with Gasteiger partial charge in [0.15, 0.2) is 17.5 Å². The molecule has 15 rings (SSSR count). The second-order valence-corrected chi connectivity index (χ2v) is 20.5. The fourth-order valence-electron chi connectivity index (χ4n) is 11.9. The minimum absolute atomic E-state index is 0.0792. The highest BCUT2D eigenvalue weighted by atomic mass is 32.1. The van der Waals surface area contributed by atoms with Gasteiger partial charge >= 0.3 is 0 Å². The van der Waals surface area contributed by atoms with Gasteiger partial charge in [0.1, 0.15) is 0 Å². The molecule has 0 saturated carbocycles. The van der Waals surface area contributed by atoms with E-state index < -0.39 is 0 Å². The van der Waals surface area contributed by atoms with E-state index in [1.807, 2.05) is 47.7 Å². The average molecular weight is 976 g/mol. The first kappa shape index (κ1) is 43.1. The van der Waals surface area contributed by atoms with Crippen molar-refractivity contribution in [1.82, 2.24) is 19.5 Å². The van der Waals surface area contributed by atoms with Crippen molar-refractivity contribution >= 4 is 75.8 Å². The molecular formula is C69H45N5S. The molecule has 0 amide bonds. The topological polar surface area (TPSA) is 46.8 Å². The van der Waals surface area contributed by atoms with Gasteiger partial charge in [0.05, 0.1) is 22.8 Å². The van der Waals surface area contributed by atoms with Crippen LogP contribution >= 0.6 is 11.3 Å². The smallest absolute Gasteiger partial charge is 0.166 e. The zero-order chi connectivity index (χ0) is 49.4. The lowest BCUT2D eigenvalue weighted by atomic mass is 9.84. The molecule has 6 heteroatoms. The molecule has 4 heterocycles. The van der Waals surface area contributed by atoms with Crippen LogP contribution in [0.4, 0.5) is 11.4 Å². The molecule has 13 aromatic rings. The number of hydrogen-bond donors (Lipinski definition) is 0. The molecule has 352 valence electrons. The van der Waals surface area contributed by atoms with Crippen molar-refractivity contribution in [2.75, 3.05) is 4.90 Å². The van der Waals surface area contributed by atoms with Gasteiger partial charge in [0.2, 0.25) is 0 Å². The van der Waals surface area contributed by atoms with Crippen LogP contribution in [0.3, 0.4) is 0 Å². The van der Waals surface area contributed by atoms with Gasteiger partial charge in [0, 0.05) is 64.6 Å². The number of anilines is 2. The number of fused-ring (bicyclic) bond motifs is 9. The number of hydrogen-bond acceptors (Lipinski definition) is 5. The van der Waals surface area contributed by atoms with E-state index in [1.165, 1.54) is 75.4 Å². The lowest BCUT2D eigenvalue weighted by molar-refractivity contribution is 0.841. The minimum Gasteiger partial charge on any atom is -0.332 e. The van der Waals surface area contributed by atoms with Gasteiger partial charge in [-0.1, -0.05) is 206 Å². The van der Waals surface area contributed by atoms with Crippen molar-refractivity contribution < 1.29 is 0 Å². The number of benzene rings is 10. The maximum absolute atomic E-state index is 5.39. The van der Waals surface area contributed by atoms with Crippen LogP contribution < -0.4 is 4.90 Å². The van der Waals surface area contributed by atoms with Crippen LogP contribution in [-0.4, -0.2) is 25.6 Å². The Kier molecular flexibility index (Phi) is 10.1. The highest BCUT2D eigenvalue weighted by Crippen LogP contribution is 2.56. The van der Waals surface area contributed by atoms with E-state index in [0.717, 1.165) is 51.3 Å². The third kappa shape index (κ3) is 7.09. The van der Waals surface area contributed by atoms with Crippen molar-refractivity contribution in [2.24, 2.45) is 0 Å². The summed E-state index contributed by atoms with van der Waals surface area (Å²) in [6.07, 6.45) is 5.61. The van der Waals surface area contributed by atoms with Crippen LogP contribution in [0.5, 0.6) is 0 Å². The number of para-hydroxylation sites is 2. The maximum atomic E-state index is 5.39. The second-order valence-electron chi connectivity index (χ2n) is 19.4. The number of aromatic nitrogens is 4. The molecule has 0 radical (unpaired) electrons. The first-order valence-electron chi connectivity index (χ1n) is 25.6. The summed E-state index contributed by atoms with van der Waals surface area (Å²) < 4.78 is 5.05. The third-order valence-corrected chi connectivity index (χ3v) is 16.4. The number of rotatable bonds is 8. The molecule has 0 fully saturated rings. The summed E-state index contributed by atoms with van der Waals surface area (Å²) in [5, 5.41) is 5.07. The fraction of sp³-hybridized carbons (Fsp3) is 0.0290. The summed E-state index contributed by atoms with van der Waals surface area (Å²) in [6.45, 7) is 0. The molecule has 0 spiro atoms. The van der Waals surface area contributed by atoms with Gasteiger partial charge < -0.3 is 9.47 Å². The lowest BCUT2D eigenvalue weighted by Gasteiger charge is -2.32. The van der Waals surface area contributed by atoms with Crippen LogP contribution in [0.1, 0.15) is 17.5 Å². The van der Waals surface area contributed by atoms with Gasteiger partial charge in [-0.2, -0.15) is 0 Å². The highest BCUT2D eigenvalue weighted by Gasteiger charge is 2.40. The number of allylic oxidation sites excluding steroid dienone is 2. The SMILES string of the molecule is C1=C(c2cccc3c2sc2ccccc23)CC2C(=C1)c1c(-c3cccc4c3c3ccccc3n4-c3ccccc3)cccc1N2c1cc(-c2ccccc2)ccc1-c1nc(-c2ccccc2)nc(-c2ccccc2)n1. The zero-order valence-electron chi connectivity index (χ0n) is 40.7. The maximum Gasteiger partial charge on any atom is 0.166 e. The van der Waals surface area contributed by atoms with Gasteiger partial charge in [0.25, 0.3) is 0 Å². The van der Waals surface area contributed by atoms with Crippen LogP contribution in [0.15, 0.2) is 255 Å². The predicted octanol–water partition coefficient (Wildman–Crippen LogP) is 18.1. The summed E-state index contributed by atoms with van der Waals surface area (Å²) >= 11 is 1.89.